The second kappa shape index (κ2) is 9.53. The van der Waals surface area contributed by atoms with Gasteiger partial charge in [-0.15, -0.1) is 11.3 Å². The van der Waals surface area contributed by atoms with Gasteiger partial charge >= 0.3 is 0 Å². The van der Waals surface area contributed by atoms with Crippen molar-refractivity contribution in [2.75, 3.05) is 39.5 Å². The normalized spacial score (nSPS) is 15.8. The summed E-state index contributed by atoms with van der Waals surface area (Å²) in [6.45, 7) is 5.49. The molecular weight excluding hydrogens is 428 g/mol. The Kier molecular flexibility index (Phi) is 6.16. The number of nitriles is 1. The highest BCUT2D eigenvalue weighted by Gasteiger charge is 2.18. The molecule has 2 aliphatic heterocycles. The van der Waals surface area contributed by atoms with E-state index >= 15 is 0 Å². The lowest BCUT2D eigenvalue weighted by Crippen LogP contribution is -2.35. The van der Waals surface area contributed by atoms with Gasteiger partial charge in [0.05, 0.1) is 18.9 Å². The minimum atomic E-state index is 0.264. The quantitative estimate of drug-likeness (QED) is 0.565. The molecule has 8 nitrogen and oxygen atoms in total. The number of hydrogen-bond acceptors (Lipinski definition) is 9. The zero-order valence-electron chi connectivity index (χ0n) is 17.5. The Balaban J connectivity index is 1.30. The summed E-state index contributed by atoms with van der Waals surface area (Å²) in [5, 5.41) is 12.7. The van der Waals surface area contributed by atoms with E-state index in [0.29, 0.717) is 36.2 Å². The summed E-state index contributed by atoms with van der Waals surface area (Å²) in [5.41, 5.74) is 2.99. The van der Waals surface area contributed by atoms with Gasteiger partial charge in [0, 0.05) is 36.8 Å². The first kappa shape index (κ1) is 20.7. The molecule has 5 rings (SSSR count). The van der Waals surface area contributed by atoms with Crippen LogP contribution in [0.4, 0.5) is 0 Å². The Morgan fingerprint density at radius 3 is 2.78 bits per heavy atom. The van der Waals surface area contributed by atoms with Gasteiger partial charge in [0.2, 0.25) is 5.88 Å². The van der Waals surface area contributed by atoms with Gasteiger partial charge in [-0.3, -0.25) is 4.90 Å². The van der Waals surface area contributed by atoms with Gasteiger partial charge in [0.25, 0.3) is 0 Å². The van der Waals surface area contributed by atoms with Crippen LogP contribution in [0.3, 0.4) is 0 Å². The number of pyridine rings is 1. The highest BCUT2D eigenvalue weighted by Crippen LogP contribution is 2.37. The maximum Gasteiger partial charge on any atom is 0.232 e. The largest absolute Gasteiger partial charge is 0.486 e. The van der Waals surface area contributed by atoms with E-state index < -0.39 is 0 Å². The van der Waals surface area contributed by atoms with Crippen molar-refractivity contribution >= 4 is 11.3 Å². The number of ether oxygens (including phenoxy) is 4. The van der Waals surface area contributed by atoms with Crippen LogP contribution in [-0.2, 0) is 17.9 Å². The fourth-order valence-corrected chi connectivity index (χ4v) is 4.41. The molecule has 2 aromatic heterocycles. The number of morpholine rings is 1. The predicted molar refractivity (Wildman–Crippen MR) is 118 cm³/mol. The summed E-state index contributed by atoms with van der Waals surface area (Å²) in [5.74, 6) is 1.68. The predicted octanol–water partition coefficient (Wildman–Crippen LogP) is 3.26. The van der Waals surface area contributed by atoms with E-state index in [2.05, 4.69) is 26.3 Å². The first-order chi connectivity index (χ1) is 15.8. The smallest absolute Gasteiger partial charge is 0.232 e. The molecule has 1 saturated heterocycles. The van der Waals surface area contributed by atoms with Crippen molar-refractivity contribution in [3.05, 3.63) is 52.1 Å². The molecule has 0 bridgehead atoms. The Morgan fingerprint density at radius 1 is 1.09 bits per heavy atom. The van der Waals surface area contributed by atoms with Gasteiger partial charge in [0.1, 0.15) is 36.5 Å². The number of benzene rings is 1. The minimum absolute atomic E-state index is 0.264. The van der Waals surface area contributed by atoms with Crippen molar-refractivity contribution in [3.8, 4) is 34.6 Å². The zero-order chi connectivity index (χ0) is 21.8. The second-order valence-corrected chi connectivity index (χ2v) is 8.36. The first-order valence-electron chi connectivity index (χ1n) is 10.5. The average Bonchev–Trinajstić information content (AvgIpc) is 3.30. The van der Waals surface area contributed by atoms with Crippen molar-refractivity contribution < 1.29 is 18.9 Å². The lowest BCUT2D eigenvalue weighted by atomic mass is 10.0. The first-order valence-corrected chi connectivity index (χ1v) is 11.3. The Morgan fingerprint density at radius 2 is 1.94 bits per heavy atom. The van der Waals surface area contributed by atoms with Gasteiger partial charge in [-0.1, -0.05) is 6.07 Å². The number of aromatic nitrogens is 2. The molecule has 0 radical (unpaired) electrons. The summed E-state index contributed by atoms with van der Waals surface area (Å²) < 4.78 is 22.6. The van der Waals surface area contributed by atoms with Crippen LogP contribution in [0, 0.1) is 11.3 Å². The molecule has 0 atom stereocenters. The lowest BCUT2D eigenvalue weighted by molar-refractivity contribution is 0.0337. The molecule has 1 aromatic carbocycles. The molecule has 0 saturated carbocycles. The molecule has 0 unspecified atom stereocenters. The molecular formula is C23H22N4O4S. The van der Waals surface area contributed by atoms with E-state index in [1.54, 1.807) is 23.6 Å². The van der Waals surface area contributed by atoms with Crippen LogP contribution in [0.25, 0.3) is 11.1 Å². The van der Waals surface area contributed by atoms with Crippen molar-refractivity contribution in [2.24, 2.45) is 0 Å². The lowest BCUT2D eigenvalue weighted by Gasteiger charge is -2.25. The Labute approximate surface area is 190 Å². The van der Waals surface area contributed by atoms with Gasteiger partial charge < -0.3 is 18.9 Å². The van der Waals surface area contributed by atoms with E-state index in [0.717, 1.165) is 54.7 Å². The molecule has 164 valence electrons. The van der Waals surface area contributed by atoms with Crippen LogP contribution in [-0.4, -0.2) is 54.4 Å². The van der Waals surface area contributed by atoms with E-state index in [9.17, 15) is 5.26 Å². The van der Waals surface area contributed by atoms with Crippen LogP contribution in [0.5, 0.6) is 17.4 Å². The second-order valence-electron chi connectivity index (χ2n) is 7.42. The third-order valence-electron chi connectivity index (χ3n) is 5.30. The Bertz CT molecular complexity index is 1140. The third-order valence-corrected chi connectivity index (χ3v) is 6.17. The Hall–Kier alpha value is -3.19. The number of rotatable bonds is 6. The molecule has 32 heavy (non-hydrogen) atoms. The standard InChI is InChI=1S/C23H22N4O4S/c24-12-19-18(16-1-2-20-21(11-16)30-10-9-29-20)3-4-25-23(19)31-14-22-26-17(15-32-22)13-27-5-7-28-8-6-27/h1-4,11,15H,5-10,13-14H2. The van der Waals surface area contributed by atoms with Gasteiger partial charge in [-0.25, -0.2) is 9.97 Å². The summed E-state index contributed by atoms with van der Waals surface area (Å²) in [4.78, 5) is 11.3. The van der Waals surface area contributed by atoms with Gasteiger partial charge in [-0.05, 0) is 23.8 Å². The molecule has 9 heteroatoms. The van der Waals surface area contributed by atoms with Gasteiger partial charge in [-0.2, -0.15) is 5.26 Å². The van der Waals surface area contributed by atoms with E-state index in [1.807, 2.05) is 18.2 Å². The highest BCUT2D eigenvalue weighted by molar-refractivity contribution is 7.09. The molecule has 0 amide bonds. The van der Waals surface area contributed by atoms with Crippen LogP contribution >= 0.6 is 11.3 Å². The van der Waals surface area contributed by atoms with E-state index in [4.69, 9.17) is 18.9 Å². The molecule has 4 heterocycles. The average molecular weight is 451 g/mol. The number of nitrogens with zero attached hydrogens (tertiary/aromatic N) is 4. The van der Waals surface area contributed by atoms with E-state index in [1.165, 1.54) is 0 Å². The maximum atomic E-state index is 9.83. The number of hydrogen-bond donors (Lipinski definition) is 0. The number of fused-ring (bicyclic) bond motifs is 1. The molecule has 0 N–H and O–H groups in total. The molecule has 0 spiro atoms. The zero-order valence-corrected chi connectivity index (χ0v) is 18.3. The van der Waals surface area contributed by atoms with Crippen molar-refractivity contribution in [1.82, 2.24) is 14.9 Å². The summed E-state index contributed by atoms with van der Waals surface area (Å²) >= 11 is 1.55. The maximum absolute atomic E-state index is 9.83. The van der Waals surface area contributed by atoms with Gasteiger partial charge in [0.15, 0.2) is 11.5 Å². The summed E-state index contributed by atoms with van der Waals surface area (Å²) in [6.07, 6.45) is 1.65. The van der Waals surface area contributed by atoms with E-state index in [-0.39, 0.29) is 6.61 Å². The fourth-order valence-electron chi connectivity index (χ4n) is 3.72. The van der Waals surface area contributed by atoms with Crippen LogP contribution in [0.1, 0.15) is 16.3 Å². The monoisotopic (exact) mass is 450 g/mol. The third kappa shape index (κ3) is 4.53. The highest BCUT2D eigenvalue weighted by atomic mass is 32.1. The summed E-state index contributed by atoms with van der Waals surface area (Å²) in [7, 11) is 0. The molecule has 3 aromatic rings. The van der Waals surface area contributed by atoms with Crippen LogP contribution in [0.2, 0.25) is 0 Å². The fraction of sp³-hybridized carbons (Fsp3) is 0.348. The molecule has 0 aliphatic carbocycles. The summed E-state index contributed by atoms with van der Waals surface area (Å²) in [6, 6.07) is 9.70. The van der Waals surface area contributed by atoms with Crippen LogP contribution in [0.15, 0.2) is 35.8 Å². The number of thiazole rings is 1. The minimum Gasteiger partial charge on any atom is -0.486 e. The molecule has 2 aliphatic rings. The van der Waals surface area contributed by atoms with Crippen molar-refractivity contribution in [2.45, 2.75) is 13.2 Å². The van der Waals surface area contributed by atoms with Crippen molar-refractivity contribution in [1.29, 1.82) is 5.26 Å². The molecule has 1 fully saturated rings. The topological polar surface area (TPSA) is 89.7 Å². The van der Waals surface area contributed by atoms with Crippen LogP contribution < -0.4 is 14.2 Å². The van der Waals surface area contributed by atoms with Crippen molar-refractivity contribution in [3.63, 3.8) is 0 Å². The SMILES string of the molecule is N#Cc1c(-c2ccc3c(c2)OCCO3)ccnc1OCc1nc(CN2CCOCC2)cs1.